The molecular weight excluding hydrogens is 372 g/mol. The van der Waals surface area contributed by atoms with E-state index >= 15 is 0 Å². The Morgan fingerprint density at radius 3 is 2.59 bits per heavy atom. The maximum Gasteiger partial charge on any atom is 0.410 e. The minimum Gasteiger partial charge on any atom is -0.444 e. The molecule has 0 bridgehead atoms. The van der Waals surface area contributed by atoms with Crippen molar-refractivity contribution in [3.05, 3.63) is 18.0 Å². The molecule has 1 aliphatic carbocycles. The van der Waals surface area contributed by atoms with Gasteiger partial charge in [-0.3, -0.25) is 9.48 Å². The first-order valence-corrected chi connectivity index (χ1v) is 10.7. The lowest BCUT2D eigenvalue weighted by atomic mass is 9.89. The standard InChI is InChI=1S/C21H32N4O4/c1-20(2,3)29-19(27)23-10-7-21(8-11-23)15-24(12-13-28-21)18(26)17-6-9-25(22-17)14-16-4-5-16/h6,9,16H,4-5,7-8,10-15H2,1-3H3. The summed E-state index contributed by atoms with van der Waals surface area (Å²) in [7, 11) is 0. The quantitative estimate of drug-likeness (QED) is 0.774. The first-order valence-electron chi connectivity index (χ1n) is 10.7. The molecule has 3 aliphatic rings. The van der Waals surface area contributed by atoms with Crippen LogP contribution in [-0.2, 0) is 16.0 Å². The Bertz CT molecular complexity index is 757. The number of piperidine rings is 1. The van der Waals surface area contributed by atoms with E-state index in [4.69, 9.17) is 9.47 Å². The van der Waals surface area contributed by atoms with Crippen molar-refractivity contribution >= 4 is 12.0 Å². The van der Waals surface area contributed by atoms with E-state index < -0.39 is 5.60 Å². The smallest absolute Gasteiger partial charge is 0.410 e. The van der Waals surface area contributed by atoms with Crippen molar-refractivity contribution in [1.82, 2.24) is 19.6 Å². The van der Waals surface area contributed by atoms with Crippen molar-refractivity contribution < 1.29 is 19.1 Å². The fourth-order valence-corrected chi connectivity index (χ4v) is 4.05. The molecule has 4 rings (SSSR count). The topological polar surface area (TPSA) is 76.9 Å². The molecule has 1 spiro atoms. The second-order valence-electron chi connectivity index (χ2n) is 9.59. The van der Waals surface area contributed by atoms with E-state index in [0.717, 1.165) is 12.5 Å². The predicted molar refractivity (Wildman–Crippen MR) is 107 cm³/mol. The highest BCUT2D eigenvalue weighted by Crippen LogP contribution is 2.32. The highest BCUT2D eigenvalue weighted by atomic mass is 16.6. The molecule has 29 heavy (non-hydrogen) atoms. The average Bonchev–Trinajstić information content (AvgIpc) is 3.35. The second-order valence-corrected chi connectivity index (χ2v) is 9.59. The number of nitrogens with zero attached hydrogens (tertiary/aromatic N) is 4. The van der Waals surface area contributed by atoms with Crippen LogP contribution in [0.5, 0.6) is 0 Å². The number of ether oxygens (including phenoxy) is 2. The number of hydrogen-bond donors (Lipinski definition) is 0. The van der Waals surface area contributed by atoms with Crippen LogP contribution in [0.4, 0.5) is 4.79 Å². The van der Waals surface area contributed by atoms with Gasteiger partial charge >= 0.3 is 6.09 Å². The summed E-state index contributed by atoms with van der Waals surface area (Å²) < 4.78 is 13.5. The minimum absolute atomic E-state index is 0.0307. The molecule has 1 aromatic heterocycles. The van der Waals surface area contributed by atoms with E-state index in [0.29, 0.717) is 51.3 Å². The number of likely N-dealkylation sites (tertiary alicyclic amines) is 1. The normalized spacial score (nSPS) is 22.0. The molecule has 0 N–H and O–H groups in total. The fraction of sp³-hybridized carbons (Fsp3) is 0.762. The van der Waals surface area contributed by atoms with Crippen LogP contribution in [0.2, 0.25) is 0 Å². The van der Waals surface area contributed by atoms with Gasteiger partial charge in [-0.15, -0.1) is 0 Å². The Kier molecular flexibility index (Phi) is 5.31. The third-order valence-corrected chi connectivity index (χ3v) is 5.86. The van der Waals surface area contributed by atoms with Gasteiger partial charge in [0.05, 0.1) is 18.8 Å². The van der Waals surface area contributed by atoms with E-state index in [2.05, 4.69) is 5.10 Å². The lowest BCUT2D eigenvalue weighted by molar-refractivity contribution is -0.126. The van der Waals surface area contributed by atoms with Crippen molar-refractivity contribution in [2.75, 3.05) is 32.8 Å². The van der Waals surface area contributed by atoms with Crippen molar-refractivity contribution in [1.29, 1.82) is 0 Å². The second kappa shape index (κ2) is 7.63. The van der Waals surface area contributed by atoms with Gasteiger partial charge in [0.1, 0.15) is 11.3 Å². The molecular formula is C21H32N4O4. The van der Waals surface area contributed by atoms with E-state index in [-0.39, 0.29) is 17.6 Å². The molecule has 0 unspecified atom stereocenters. The van der Waals surface area contributed by atoms with Gasteiger partial charge in [0.15, 0.2) is 0 Å². The van der Waals surface area contributed by atoms with Crippen molar-refractivity contribution in [3.8, 4) is 0 Å². The zero-order valence-electron chi connectivity index (χ0n) is 17.7. The van der Waals surface area contributed by atoms with Crippen LogP contribution >= 0.6 is 0 Å². The summed E-state index contributed by atoms with van der Waals surface area (Å²) >= 11 is 0. The number of hydrogen-bond acceptors (Lipinski definition) is 5. The fourth-order valence-electron chi connectivity index (χ4n) is 4.05. The van der Waals surface area contributed by atoms with E-state index in [1.165, 1.54) is 12.8 Å². The summed E-state index contributed by atoms with van der Waals surface area (Å²) in [6, 6.07) is 1.82. The van der Waals surface area contributed by atoms with Crippen LogP contribution in [-0.4, -0.2) is 75.6 Å². The summed E-state index contributed by atoms with van der Waals surface area (Å²) in [5.41, 5.74) is -0.378. The van der Waals surface area contributed by atoms with Crippen LogP contribution in [0.3, 0.4) is 0 Å². The van der Waals surface area contributed by atoms with Crippen LogP contribution in [0, 0.1) is 5.92 Å². The predicted octanol–water partition coefficient (Wildman–Crippen LogP) is 2.54. The molecule has 0 atom stereocenters. The molecule has 8 heteroatoms. The Morgan fingerprint density at radius 1 is 1.21 bits per heavy atom. The summed E-state index contributed by atoms with van der Waals surface area (Å²) in [6.07, 6.45) is 5.54. The maximum atomic E-state index is 13.0. The van der Waals surface area contributed by atoms with E-state index in [1.807, 2.05) is 42.6 Å². The van der Waals surface area contributed by atoms with Crippen LogP contribution in [0.25, 0.3) is 0 Å². The van der Waals surface area contributed by atoms with Crippen molar-refractivity contribution in [2.45, 2.75) is 64.2 Å². The van der Waals surface area contributed by atoms with Gasteiger partial charge in [0.2, 0.25) is 0 Å². The van der Waals surface area contributed by atoms with Gasteiger partial charge in [0.25, 0.3) is 5.91 Å². The monoisotopic (exact) mass is 404 g/mol. The molecule has 3 fully saturated rings. The molecule has 0 aromatic carbocycles. The number of carbonyl (C=O) groups excluding carboxylic acids is 2. The van der Waals surface area contributed by atoms with E-state index in [1.54, 1.807) is 4.90 Å². The van der Waals surface area contributed by atoms with Crippen LogP contribution < -0.4 is 0 Å². The number of morpholine rings is 1. The van der Waals surface area contributed by atoms with Crippen molar-refractivity contribution in [2.24, 2.45) is 5.92 Å². The Hall–Kier alpha value is -2.09. The SMILES string of the molecule is CC(C)(C)OC(=O)N1CCC2(CC1)CN(C(=O)c1ccn(CC3CC3)n1)CCO2. The van der Waals surface area contributed by atoms with Gasteiger partial charge in [0, 0.05) is 32.4 Å². The molecule has 3 heterocycles. The third-order valence-electron chi connectivity index (χ3n) is 5.86. The van der Waals surface area contributed by atoms with Gasteiger partial charge in [-0.05, 0) is 58.4 Å². The number of rotatable bonds is 3. The molecule has 2 saturated heterocycles. The summed E-state index contributed by atoms with van der Waals surface area (Å²) in [5, 5.41) is 4.48. The van der Waals surface area contributed by atoms with Gasteiger partial charge in [-0.1, -0.05) is 0 Å². The average molecular weight is 405 g/mol. The molecule has 8 nitrogen and oxygen atoms in total. The first kappa shape index (κ1) is 20.2. The Labute approximate surface area is 172 Å². The first-order chi connectivity index (χ1) is 13.7. The largest absolute Gasteiger partial charge is 0.444 e. The summed E-state index contributed by atoms with van der Waals surface area (Å²) in [6.45, 7) is 9.30. The van der Waals surface area contributed by atoms with Gasteiger partial charge in [-0.25, -0.2) is 4.79 Å². The number of aromatic nitrogens is 2. The summed E-state index contributed by atoms with van der Waals surface area (Å²) in [4.78, 5) is 28.9. The zero-order valence-corrected chi connectivity index (χ0v) is 17.7. The van der Waals surface area contributed by atoms with Gasteiger partial charge < -0.3 is 19.3 Å². The third kappa shape index (κ3) is 4.91. The highest BCUT2D eigenvalue weighted by Gasteiger charge is 2.42. The zero-order chi connectivity index (χ0) is 20.6. The Balaban J connectivity index is 1.34. The highest BCUT2D eigenvalue weighted by molar-refractivity contribution is 5.92. The van der Waals surface area contributed by atoms with Crippen LogP contribution in [0.15, 0.2) is 12.3 Å². The molecule has 0 radical (unpaired) electrons. The molecule has 1 aromatic rings. The number of carbonyl (C=O) groups is 2. The molecule has 1 saturated carbocycles. The lowest BCUT2D eigenvalue weighted by Gasteiger charge is -2.47. The summed E-state index contributed by atoms with van der Waals surface area (Å²) in [5.74, 6) is 0.691. The van der Waals surface area contributed by atoms with Crippen LogP contribution in [0.1, 0.15) is 56.9 Å². The molecule has 2 amide bonds. The van der Waals surface area contributed by atoms with E-state index in [9.17, 15) is 9.59 Å². The van der Waals surface area contributed by atoms with Crippen molar-refractivity contribution in [3.63, 3.8) is 0 Å². The Morgan fingerprint density at radius 2 is 1.93 bits per heavy atom. The lowest BCUT2D eigenvalue weighted by Crippen LogP contribution is -2.58. The molecule has 160 valence electrons. The maximum absolute atomic E-state index is 13.0. The minimum atomic E-state index is -0.500. The van der Waals surface area contributed by atoms with Gasteiger partial charge in [-0.2, -0.15) is 5.10 Å². The molecule has 2 aliphatic heterocycles. The number of amides is 2.